The van der Waals surface area contributed by atoms with Crippen molar-refractivity contribution in [1.82, 2.24) is 15.0 Å². The summed E-state index contributed by atoms with van der Waals surface area (Å²) in [5.74, 6) is 2.09. The van der Waals surface area contributed by atoms with E-state index in [1.165, 1.54) is 0 Å². The van der Waals surface area contributed by atoms with Crippen molar-refractivity contribution in [3.8, 4) is 28.6 Å². The van der Waals surface area contributed by atoms with Gasteiger partial charge >= 0.3 is 0 Å². The monoisotopic (exact) mass is 485 g/mol. The fourth-order valence-electron chi connectivity index (χ4n) is 4.07. The zero-order chi connectivity index (χ0) is 24.1. The van der Waals surface area contributed by atoms with Crippen LogP contribution in [0.5, 0.6) is 17.2 Å². The van der Waals surface area contributed by atoms with Crippen molar-refractivity contribution in [3.05, 3.63) is 52.9 Å². The molecule has 0 spiro atoms. The molecule has 0 aliphatic carbocycles. The third-order valence-electron chi connectivity index (χ3n) is 5.51. The predicted octanol–water partition coefficient (Wildman–Crippen LogP) is 5.56. The van der Waals surface area contributed by atoms with Gasteiger partial charge in [-0.05, 0) is 57.9 Å². The average Bonchev–Trinajstić information content (AvgIpc) is 3.51. The molecule has 1 aliphatic rings. The number of aromatic nitrogens is 2. The number of benzene rings is 2. The van der Waals surface area contributed by atoms with Crippen molar-refractivity contribution >= 4 is 17.5 Å². The molecule has 1 aromatic heterocycles. The van der Waals surface area contributed by atoms with Crippen LogP contribution in [0.2, 0.25) is 5.02 Å². The Kier molecular flexibility index (Phi) is 7.57. The van der Waals surface area contributed by atoms with E-state index >= 15 is 0 Å². The van der Waals surface area contributed by atoms with Crippen molar-refractivity contribution in [2.24, 2.45) is 0 Å². The summed E-state index contributed by atoms with van der Waals surface area (Å²) in [6, 6.07) is 10.4. The Morgan fingerprint density at radius 3 is 2.41 bits per heavy atom. The highest BCUT2D eigenvalue weighted by Crippen LogP contribution is 2.41. The quantitative estimate of drug-likeness (QED) is 0.392. The van der Waals surface area contributed by atoms with E-state index in [0.29, 0.717) is 71.5 Å². The van der Waals surface area contributed by atoms with Crippen molar-refractivity contribution in [2.45, 2.75) is 39.7 Å². The van der Waals surface area contributed by atoms with E-state index in [4.69, 9.17) is 30.3 Å². The van der Waals surface area contributed by atoms with E-state index in [2.05, 4.69) is 10.1 Å². The topological polar surface area (TPSA) is 86.9 Å². The molecular formula is C25H28ClN3O5. The molecule has 4 rings (SSSR count). The van der Waals surface area contributed by atoms with Crippen LogP contribution in [0.1, 0.15) is 55.9 Å². The lowest BCUT2D eigenvalue weighted by atomic mass is 10.1. The SMILES string of the molecule is CCOc1cc(C(=O)N2CCCC2c2nc(-c3ccccc3Cl)no2)cc(OCC)c1OCC. The number of carbonyl (C=O) groups excluding carboxylic acids is 1. The Hall–Kier alpha value is -3.26. The van der Waals surface area contributed by atoms with Crippen LogP contribution in [0.4, 0.5) is 0 Å². The molecule has 3 aromatic rings. The van der Waals surface area contributed by atoms with E-state index < -0.39 is 0 Å². The van der Waals surface area contributed by atoms with Gasteiger partial charge in [-0.1, -0.05) is 28.9 Å². The molecular weight excluding hydrogens is 458 g/mol. The first-order valence-electron chi connectivity index (χ1n) is 11.5. The molecule has 0 N–H and O–H groups in total. The normalized spacial score (nSPS) is 15.4. The molecule has 34 heavy (non-hydrogen) atoms. The summed E-state index contributed by atoms with van der Waals surface area (Å²) < 4.78 is 22.9. The van der Waals surface area contributed by atoms with E-state index in [9.17, 15) is 4.79 Å². The maximum Gasteiger partial charge on any atom is 0.254 e. The average molecular weight is 486 g/mol. The zero-order valence-electron chi connectivity index (χ0n) is 19.5. The molecule has 2 heterocycles. The summed E-state index contributed by atoms with van der Waals surface area (Å²) in [6.45, 7) is 7.55. The lowest BCUT2D eigenvalue weighted by molar-refractivity contribution is 0.0709. The van der Waals surface area contributed by atoms with Crippen LogP contribution in [0.25, 0.3) is 11.4 Å². The van der Waals surface area contributed by atoms with Crippen molar-refractivity contribution in [1.29, 1.82) is 0 Å². The Morgan fingerprint density at radius 2 is 1.76 bits per heavy atom. The van der Waals surface area contributed by atoms with E-state index in [1.807, 2.05) is 39.0 Å². The molecule has 1 fully saturated rings. The highest BCUT2D eigenvalue weighted by Gasteiger charge is 2.35. The standard InChI is InChI=1S/C25H28ClN3O5/c1-4-31-20-14-16(15-21(32-5-2)22(20)33-6-3)25(30)29-13-9-12-19(29)24-27-23(28-34-24)17-10-7-8-11-18(17)26/h7-8,10-11,14-15,19H,4-6,9,12-13H2,1-3H3. The summed E-state index contributed by atoms with van der Waals surface area (Å²) in [7, 11) is 0. The van der Waals surface area contributed by atoms with Gasteiger partial charge in [-0.3, -0.25) is 4.79 Å². The number of hydrogen-bond donors (Lipinski definition) is 0. The van der Waals surface area contributed by atoms with Gasteiger partial charge in [0.1, 0.15) is 6.04 Å². The van der Waals surface area contributed by atoms with Crippen LogP contribution in [0.3, 0.4) is 0 Å². The number of amides is 1. The third-order valence-corrected chi connectivity index (χ3v) is 5.84. The van der Waals surface area contributed by atoms with Crippen LogP contribution in [-0.4, -0.2) is 47.3 Å². The Bertz CT molecular complexity index is 1120. The predicted molar refractivity (Wildman–Crippen MR) is 128 cm³/mol. The zero-order valence-corrected chi connectivity index (χ0v) is 20.3. The molecule has 2 aromatic carbocycles. The highest BCUT2D eigenvalue weighted by molar-refractivity contribution is 6.33. The minimum Gasteiger partial charge on any atom is -0.490 e. The first-order chi connectivity index (χ1) is 16.6. The second-order valence-corrected chi connectivity index (χ2v) is 8.10. The lowest BCUT2D eigenvalue weighted by Crippen LogP contribution is -2.30. The lowest BCUT2D eigenvalue weighted by Gasteiger charge is -2.23. The molecule has 1 atom stereocenters. The number of likely N-dealkylation sites (tertiary alicyclic amines) is 1. The molecule has 0 radical (unpaired) electrons. The van der Waals surface area contributed by atoms with Gasteiger partial charge < -0.3 is 23.6 Å². The number of nitrogens with zero attached hydrogens (tertiary/aromatic N) is 3. The molecule has 1 unspecified atom stereocenters. The van der Waals surface area contributed by atoms with Gasteiger partial charge in [0.15, 0.2) is 11.5 Å². The number of hydrogen-bond acceptors (Lipinski definition) is 7. The minimum absolute atomic E-state index is 0.162. The van der Waals surface area contributed by atoms with E-state index in [0.717, 1.165) is 12.8 Å². The maximum atomic E-state index is 13.6. The summed E-state index contributed by atoms with van der Waals surface area (Å²) in [4.78, 5) is 19.9. The molecule has 9 heteroatoms. The summed E-state index contributed by atoms with van der Waals surface area (Å²) in [5.41, 5.74) is 1.14. The van der Waals surface area contributed by atoms with Gasteiger partial charge in [0.2, 0.25) is 17.5 Å². The van der Waals surface area contributed by atoms with E-state index in [1.54, 1.807) is 23.1 Å². The smallest absolute Gasteiger partial charge is 0.254 e. The summed E-state index contributed by atoms with van der Waals surface area (Å²) in [6.07, 6.45) is 1.55. The van der Waals surface area contributed by atoms with Crippen LogP contribution in [0.15, 0.2) is 40.9 Å². The number of halogens is 1. The minimum atomic E-state index is -0.325. The Balaban J connectivity index is 1.64. The molecule has 1 aliphatic heterocycles. The number of rotatable bonds is 9. The largest absolute Gasteiger partial charge is 0.490 e. The van der Waals surface area contributed by atoms with Gasteiger partial charge in [0, 0.05) is 17.7 Å². The molecule has 1 saturated heterocycles. The van der Waals surface area contributed by atoms with Gasteiger partial charge in [0.25, 0.3) is 5.91 Å². The fraction of sp³-hybridized carbons (Fsp3) is 0.400. The second kappa shape index (κ2) is 10.8. The van der Waals surface area contributed by atoms with Crippen LogP contribution in [-0.2, 0) is 0 Å². The Morgan fingerprint density at radius 1 is 1.09 bits per heavy atom. The summed E-state index contributed by atoms with van der Waals surface area (Å²) in [5, 5.41) is 4.64. The number of carbonyl (C=O) groups is 1. The van der Waals surface area contributed by atoms with Gasteiger partial charge in [-0.15, -0.1) is 0 Å². The molecule has 180 valence electrons. The van der Waals surface area contributed by atoms with Gasteiger partial charge in [-0.2, -0.15) is 4.98 Å². The molecule has 0 bridgehead atoms. The first-order valence-corrected chi connectivity index (χ1v) is 11.9. The number of ether oxygens (including phenoxy) is 3. The van der Waals surface area contributed by atoms with E-state index in [-0.39, 0.29) is 11.9 Å². The van der Waals surface area contributed by atoms with Crippen molar-refractivity contribution in [3.63, 3.8) is 0 Å². The van der Waals surface area contributed by atoms with Crippen LogP contribution in [0, 0.1) is 0 Å². The second-order valence-electron chi connectivity index (χ2n) is 7.69. The maximum absolute atomic E-state index is 13.6. The van der Waals surface area contributed by atoms with Crippen LogP contribution < -0.4 is 14.2 Å². The van der Waals surface area contributed by atoms with Crippen molar-refractivity contribution < 1.29 is 23.5 Å². The Labute approximate surface area is 203 Å². The van der Waals surface area contributed by atoms with Crippen LogP contribution >= 0.6 is 11.6 Å². The molecule has 0 saturated carbocycles. The van der Waals surface area contributed by atoms with Crippen molar-refractivity contribution in [2.75, 3.05) is 26.4 Å². The summed E-state index contributed by atoms with van der Waals surface area (Å²) >= 11 is 6.28. The third kappa shape index (κ3) is 4.82. The highest BCUT2D eigenvalue weighted by atomic mass is 35.5. The van der Waals surface area contributed by atoms with Gasteiger partial charge in [-0.25, -0.2) is 0 Å². The fourth-order valence-corrected chi connectivity index (χ4v) is 4.29. The molecule has 1 amide bonds. The first kappa shape index (κ1) is 23.9. The molecule has 8 nitrogen and oxygen atoms in total. The van der Waals surface area contributed by atoms with Gasteiger partial charge in [0.05, 0.1) is 24.8 Å².